The zero-order valence-corrected chi connectivity index (χ0v) is 51.9. The maximum absolute atomic E-state index is 2.56. The summed E-state index contributed by atoms with van der Waals surface area (Å²) in [5, 5.41) is 4.76. The van der Waals surface area contributed by atoms with Gasteiger partial charge in [-0.1, -0.05) is 334 Å². The summed E-state index contributed by atoms with van der Waals surface area (Å²) < 4.78 is 0. The molecule has 0 saturated heterocycles. The van der Waals surface area contributed by atoms with E-state index in [4.69, 9.17) is 0 Å². The van der Waals surface area contributed by atoms with Gasteiger partial charge in [-0.2, -0.15) is 0 Å². The van der Waals surface area contributed by atoms with Crippen LogP contribution >= 0.6 is 0 Å². The van der Waals surface area contributed by atoms with E-state index in [1.807, 2.05) is 0 Å². The molecule has 0 fully saturated rings. The zero-order chi connectivity index (χ0) is 61.8. The van der Waals surface area contributed by atoms with Gasteiger partial charge in [0.1, 0.15) is 0 Å². The van der Waals surface area contributed by atoms with Crippen molar-refractivity contribution >= 4 is 44.3 Å². The van der Waals surface area contributed by atoms with Crippen LogP contribution in [-0.4, -0.2) is 14.1 Å². The van der Waals surface area contributed by atoms with Gasteiger partial charge in [-0.05, 0) is 140 Å². The second-order valence-corrected chi connectivity index (χ2v) is 25.3. The van der Waals surface area contributed by atoms with Gasteiger partial charge in [0.15, 0.2) is 0 Å². The molecule has 1 aliphatic carbocycles. The molecule has 2 nitrogen and oxygen atoms in total. The van der Waals surface area contributed by atoms with Crippen LogP contribution in [0.2, 0.25) is 0 Å². The minimum Gasteiger partial charge on any atom is -0.344 e. The Bertz CT molecular complexity index is 5040. The number of para-hydroxylation sites is 4. The van der Waals surface area contributed by atoms with Gasteiger partial charge in [-0.3, -0.25) is 0 Å². The topological polar surface area (TPSA) is 6.48 Å². The molecule has 438 valence electrons. The van der Waals surface area contributed by atoms with Crippen LogP contribution in [0.4, 0.5) is 22.7 Å². The van der Waals surface area contributed by atoms with Crippen molar-refractivity contribution in [1.82, 2.24) is 0 Å². The number of hydrogen-bond donors (Lipinski definition) is 0. The standard InChI is InChI=1S/C91H64N2/c1-92-83-58-25-23-53-78(83)90(63-36-13-5-14-37-63,64-38-15-6-16-39-64)81-56-29-49-71(87(81)92)67-45-27-47-69-75(67)60-76-68(72-50-30-57-82-88(72)93(2)84-59-26-24-54-79(84)91(82,65-40-17-7-18-41-65)66-42-19-8-20-43-66)46-28-48-70(76)85(69)74-51-31-55-80-86(74)73-44-21-22-52-77(73)89(80,61-32-9-3-10-33-61)62-34-11-4-12-35-62/h3-60H,1-2H3. The van der Waals surface area contributed by atoms with E-state index in [0.717, 1.165) is 0 Å². The van der Waals surface area contributed by atoms with Gasteiger partial charge in [-0.25, -0.2) is 0 Å². The highest BCUT2D eigenvalue weighted by atomic mass is 15.1. The van der Waals surface area contributed by atoms with Crippen LogP contribution in [0.15, 0.2) is 352 Å². The minimum atomic E-state index is -0.639. The van der Waals surface area contributed by atoms with Crippen LogP contribution in [0.25, 0.3) is 66.1 Å². The lowest BCUT2D eigenvalue weighted by Gasteiger charge is -2.46. The van der Waals surface area contributed by atoms with E-state index in [-0.39, 0.29) is 0 Å². The predicted octanol–water partition coefficient (Wildman–Crippen LogP) is 22.3. The van der Waals surface area contributed by atoms with Crippen molar-refractivity contribution in [2.45, 2.75) is 16.2 Å². The maximum atomic E-state index is 2.56. The van der Waals surface area contributed by atoms with Gasteiger partial charge in [0.25, 0.3) is 0 Å². The van der Waals surface area contributed by atoms with E-state index in [2.05, 4.69) is 376 Å². The third-order valence-electron chi connectivity index (χ3n) is 21.1. The zero-order valence-electron chi connectivity index (χ0n) is 51.9. The Labute approximate surface area is 544 Å². The molecule has 0 unspecified atom stereocenters. The van der Waals surface area contributed by atoms with Crippen molar-refractivity contribution in [2.75, 3.05) is 23.9 Å². The van der Waals surface area contributed by atoms with E-state index < -0.39 is 16.2 Å². The van der Waals surface area contributed by atoms with Gasteiger partial charge in [0.05, 0.1) is 27.6 Å². The summed E-state index contributed by atoms with van der Waals surface area (Å²) in [4.78, 5) is 4.94. The molecule has 0 saturated carbocycles. The average molecular weight is 1190 g/mol. The van der Waals surface area contributed by atoms with Crippen LogP contribution in [-0.2, 0) is 16.2 Å². The molecule has 15 aromatic rings. The summed E-state index contributed by atoms with van der Waals surface area (Å²) in [6, 6.07) is 133. The van der Waals surface area contributed by atoms with Crippen LogP contribution in [0.5, 0.6) is 0 Å². The Morgan fingerprint density at radius 3 is 0.871 bits per heavy atom. The molecule has 2 heterocycles. The lowest BCUT2D eigenvalue weighted by atomic mass is 9.62. The lowest BCUT2D eigenvalue weighted by Crippen LogP contribution is -2.38. The molecular weight excluding hydrogens is 1120 g/mol. The van der Waals surface area contributed by atoms with Crippen molar-refractivity contribution in [3.8, 4) is 44.5 Å². The first-order valence-electron chi connectivity index (χ1n) is 32.5. The van der Waals surface area contributed by atoms with Gasteiger partial charge < -0.3 is 9.80 Å². The minimum absolute atomic E-state index is 0.594. The van der Waals surface area contributed by atoms with Gasteiger partial charge >= 0.3 is 0 Å². The van der Waals surface area contributed by atoms with Crippen LogP contribution in [0.1, 0.15) is 66.8 Å². The normalized spacial score (nSPS) is 14.3. The number of nitrogens with zero attached hydrogens (tertiary/aromatic N) is 2. The number of fused-ring (bicyclic) bond motifs is 9. The van der Waals surface area contributed by atoms with Crippen molar-refractivity contribution in [3.05, 3.63) is 419 Å². The Morgan fingerprint density at radius 1 is 0.194 bits per heavy atom. The summed E-state index contributed by atoms with van der Waals surface area (Å²) in [7, 11) is 4.55. The fraction of sp³-hybridized carbons (Fsp3) is 0.0549. The number of benzene rings is 15. The highest BCUT2D eigenvalue weighted by Crippen LogP contribution is 2.63. The number of hydrogen-bond acceptors (Lipinski definition) is 2. The Hall–Kier alpha value is -11.6. The fourth-order valence-electron chi connectivity index (χ4n) is 17.5. The van der Waals surface area contributed by atoms with E-state index in [9.17, 15) is 0 Å². The maximum Gasteiger partial charge on any atom is 0.0742 e. The Kier molecular flexibility index (Phi) is 12.4. The SMILES string of the molecule is CN1c2ccccc2C(c2ccccc2)(c2ccccc2)c2cccc(-c3cccc4c(-c5cccc6c5-c5ccccc5C6(c5ccccc5)c5ccccc5)c5cccc(-c6cccc7c6N(C)c6ccccc6C7(c6ccccc6)c6ccccc6)c5cc34)c21. The monoisotopic (exact) mass is 1180 g/mol. The highest BCUT2D eigenvalue weighted by Gasteiger charge is 2.50. The molecule has 18 rings (SSSR count). The Balaban J connectivity index is 0.980. The largest absolute Gasteiger partial charge is 0.344 e. The van der Waals surface area contributed by atoms with Gasteiger partial charge in [-0.15, -0.1) is 0 Å². The van der Waals surface area contributed by atoms with Crippen LogP contribution in [0, 0.1) is 0 Å². The first-order chi connectivity index (χ1) is 46.0. The second kappa shape index (κ2) is 21.3. The summed E-state index contributed by atoms with van der Waals surface area (Å²) in [6.45, 7) is 0. The summed E-state index contributed by atoms with van der Waals surface area (Å²) in [6.07, 6.45) is 0. The number of rotatable bonds is 9. The molecule has 2 aliphatic heterocycles. The fourth-order valence-corrected chi connectivity index (χ4v) is 17.5. The molecular formula is C91H64N2. The summed E-state index contributed by atoms with van der Waals surface area (Å²) >= 11 is 0. The van der Waals surface area contributed by atoms with Crippen molar-refractivity contribution in [2.24, 2.45) is 0 Å². The molecule has 0 atom stereocenters. The molecule has 0 bridgehead atoms. The summed E-state index contributed by atoms with van der Waals surface area (Å²) in [5.41, 5.74) is 27.5. The molecule has 0 radical (unpaired) electrons. The molecule has 2 heteroatoms. The van der Waals surface area contributed by atoms with Crippen LogP contribution < -0.4 is 9.80 Å². The molecule has 3 aliphatic rings. The van der Waals surface area contributed by atoms with E-state index in [1.165, 1.54) is 156 Å². The van der Waals surface area contributed by atoms with E-state index in [1.54, 1.807) is 0 Å². The van der Waals surface area contributed by atoms with Crippen LogP contribution in [0.3, 0.4) is 0 Å². The Morgan fingerprint density at radius 2 is 0.473 bits per heavy atom. The van der Waals surface area contributed by atoms with Gasteiger partial charge in [0, 0.05) is 36.6 Å². The first-order valence-corrected chi connectivity index (χ1v) is 32.5. The van der Waals surface area contributed by atoms with Crippen molar-refractivity contribution < 1.29 is 0 Å². The average Bonchev–Trinajstić information content (AvgIpc) is 1.59. The predicted molar refractivity (Wildman–Crippen MR) is 388 cm³/mol. The third kappa shape index (κ3) is 7.58. The molecule has 93 heavy (non-hydrogen) atoms. The van der Waals surface area contributed by atoms with E-state index in [0.29, 0.717) is 0 Å². The molecule has 0 aromatic heterocycles. The third-order valence-corrected chi connectivity index (χ3v) is 21.1. The molecule has 0 N–H and O–H groups in total. The molecule has 0 amide bonds. The number of anilines is 4. The van der Waals surface area contributed by atoms with Gasteiger partial charge in [0.2, 0.25) is 0 Å². The van der Waals surface area contributed by atoms with E-state index >= 15 is 0 Å². The lowest BCUT2D eigenvalue weighted by molar-refractivity contribution is 0.728. The molecule has 15 aromatic carbocycles. The highest BCUT2D eigenvalue weighted by molar-refractivity contribution is 6.22. The second-order valence-electron chi connectivity index (χ2n) is 25.3. The smallest absolute Gasteiger partial charge is 0.0742 e. The quantitative estimate of drug-likeness (QED) is 0.133. The molecule has 0 spiro atoms. The van der Waals surface area contributed by atoms with Crippen molar-refractivity contribution in [3.63, 3.8) is 0 Å². The van der Waals surface area contributed by atoms with Crippen molar-refractivity contribution in [1.29, 1.82) is 0 Å². The summed E-state index contributed by atoms with van der Waals surface area (Å²) in [5.74, 6) is 0. The first kappa shape index (κ1) is 54.4.